The van der Waals surface area contributed by atoms with Gasteiger partial charge in [0.25, 0.3) is 0 Å². The highest BCUT2D eigenvalue weighted by molar-refractivity contribution is 5.91. The molecule has 1 aromatic heterocycles. The van der Waals surface area contributed by atoms with Crippen molar-refractivity contribution >= 4 is 23.3 Å². The van der Waals surface area contributed by atoms with Crippen LogP contribution in [-0.2, 0) is 28.7 Å². The normalized spacial score (nSPS) is 19.3. The van der Waals surface area contributed by atoms with E-state index in [1.165, 1.54) is 12.1 Å². The molecule has 2 amide bonds. The lowest BCUT2D eigenvalue weighted by Crippen LogP contribution is -2.46. The average Bonchev–Trinajstić information content (AvgIpc) is 3.27. The molecular weight excluding hydrogens is 377 g/mol. The summed E-state index contributed by atoms with van der Waals surface area (Å²) in [6.07, 6.45) is -3.22. The molecule has 0 bridgehead atoms. The maximum Gasteiger partial charge on any atom is 0.416 e. The molecule has 0 saturated carbocycles. The van der Waals surface area contributed by atoms with Crippen LogP contribution < -0.4 is 10.6 Å². The number of hydrogen-bond acceptors (Lipinski definition) is 5. The first kappa shape index (κ1) is 18.3. The predicted molar refractivity (Wildman–Crippen MR) is 91.5 cm³/mol. The van der Waals surface area contributed by atoms with Crippen molar-refractivity contribution in [1.29, 1.82) is 0 Å². The summed E-state index contributed by atoms with van der Waals surface area (Å²) in [5.41, 5.74) is 0.0717. The Morgan fingerprint density at radius 3 is 2.86 bits per heavy atom. The largest absolute Gasteiger partial charge is 0.416 e. The minimum absolute atomic E-state index is 0.145. The van der Waals surface area contributed by atoms with Gasteiger partial charge in [0.05, 0.1) is 17.7 Å². The van der Waals surface area contributed by atoms with Crippen molar-refractivity contribution in [3.05, 3.63) is 41.2 Å². The van der Waals surface area contributed by atoms with Crippen LogP contribution in [0.15, 0.2) is 28.8 Å². The smallest absolute Gasteiger partial charge is 0.359 e. The number of amides is 2. The molecule has 1 saturated heterocycles. The fraction of sp³-hybridized carbons (Fsp3) is 0.389. The van der Waals surface area contributed by atoms with E-state index in [-0.39, 0.29) is 29.9 Å². The van der Waals surface area contributed by atoms with Crippen LogP contribution in [0.5, 0.6) is 0 Å². The minimum atomic E-state index is -4.45. The predicted octanol–water partition coefficient (Wildman–Crippen LogP) is 2.60. The molecule has 10 heteroatoms. The van der Waals surface area contributed by atoms with E-state index in [9.17, 15) is 22.8 Å². The van der Waals surface area contributed by atoms with Crippen molar-refractivity contribution < 1.29 is 27.3 Å². The second kappa shape index (κ2) is 6.84. The standard InChI is InChI=1S/C18H17F3N4O3/c19-18(20,21)10-2-1-3-11(8-10)22-16-12-9-25(7-6-14(12)28-24-16)17(27)13-4-5-15(26)23-13/h1-3,8,13H,4-7,9H2,(H,22,24)(H,23,26). The maximum atomic E-state index is 12.9. The first-order valence-corrected chi connectivity index (χ1v) is 8.81. The zero-order chi connectivity index (χ0) is 19.9. The first-order valence-electron chi connectivity index (χ1n) is 8.81. The van der Waals surface area contributed by atoms with Crippen molar-refractivity contribution in [2.75, 3.05) is 11.9 Å². The van der Waals surface area contributed by atoms with Crippen LogP contribution in [0.4, 0.5) is 24.7 Å². The number of rotatable bonds is 3. The summed E-state index contributed by atoms with van der Waals surface area (Å²) < 4.78 is 44.0. The summed E-state index contributed by atoms with van der Waals surface area (Å²) >= 11 is 0. The Hall–Kier alpha value is -3.04. The van der Waals surface area contributed by atoms with Crippen LogP contribution in [0.2, 0.25) is 0 Å². The Balaban J connectivity index is 1.51. The quantitative estimate of drug-likeness (QED) is 0.836. The summed E-state index contributed by atoms with van der Waals surface area (Å²) in [7, 11) is 0. The summed E-state index contributed by atoms with van der Waals surface area (Å²) in [5.74, 6) is 0.548. The highest BCUT2D eigenvalue weighted by Crippen LogP contribution is 2.33. The van der Waals surface area contributed by atoms with Gasteiger partial charge in [0.15, 0.2) is 5.82 Å². The number of anilines is 2. The topological polar surface area (TPSA) is 87.5 Å². The molecule has 2 aliphatic rings. The molecule has 148 valence electrons. The van der Waals surface area contributed by atoms with Gasteiger partial charge in [0.2, 0.25) is 11.8 Å². The summed E-state index contributed by atoms with van der Waals surface area (Å²) in [6, 6.07) is 4.24. The second-order valence-electron chi connectivity index (χ2n) is 6.81. The third-order valence-electron chi connectivity index (χ3n) is 4.89. The molecule has 2 N–H and O–H groups in total. The van der Waals surface area contributed by atoms with Gasteiger partial charge in [-0.25, -0.2) is 0 Å². The summed E-state index contributed by atoms with van der Waals surface area (Å²) in [4.78, 5) is 25.6. The fourth-order valence-corrected chi connectivity index (χ4v) is 3.43. The number of carbonyl (C=O) groups excluding carboxylic acids is 2. The van der Waals surface area contributed by atoms with E-state index in [1.807, 2.05) is 0 Å². The van der Waals surface area contributed by atoms with Crippen LogP contribution in [-0.4, -0.2) is 34.5 Å². The minimum Gasteiger partial charge on any atom is -0.359 e. The molecule has 3 heterocycles. The molecule has 1 atom stereocenters. The molecule has 0 radical (unpaired) electrons. The molecule has 1 aromatic carbocycles. The number of alkyl halides is 3. The summed E-state index contributed by atoms with van der Waals surface area (Å²) in [6.45, 7) is 0.641. The highest BCUT2D eigenvalue weighted by Gasteiger charge is 2.34. The van der Waals surface area contributed by atoms with Crippen LogP contribution in [0.1, 0.15) is 29.7 Å². The molecule has 2 aromatic rings. The van der Waals surface area contributed by atoms with Gasteiger partial charge in [-0.05, 0) is 24.6 Å². The second-order valence-corrected chi connectivity index (χ2v) is 6.81. The molecule has 1 unspecified atom stereocenters. The Kier molecular flexibility index (Phi) is 4.48. The van der Waals surface area contributed by atoms with Gasteiger partial charge in [-0.1, -0.05) is 11.2 Å². The van der Waals surface area contributed by atoms with Gasteiger partial charge in [-0.2, -0.15) is 13.2 Å². The molecule has 4 rings (SSSR count). The average molecular weight is 394 g/mol. The Labute approximate surface area is 157 Å². The van der Waals surface area contributed by atoms with Gasteiger partial charge in [-0.15, -0.1) is 0 Å². The Bertz CT molecular complexity index is 925. The van der Waals surface area contributed by atoms with Gasteiger partial charge in [0.1, 0.15) is 11.8 Å². The lowest BCUT2D eigenvalue weighted by Gasteiger charge is -2.28. The third-order valence-corrected chi connectivity index (χ3v) is 4.89. The molecule has 7 nitrogen and oxygen atoms in total. The van der Waals surface area contributed by atoms with Crippen LogP contribution in [0, 0.1) is 0 Å². The van der Waals surface area contributed by atoms with Gasteiger partial charge < -0.3 is 20.1 Å². The van der Waals surface area contributed by atoms with E-state index < -0.39 is 17.8 Å². The number of carbonyl (C=O) groups is 2. The number of fused-ring (bicyclic) bond motifs is 1. The monoisotopic (exact) mass is 394 g/mol. The molecular formula is C18H17F3N4O3. The number of halogens is 3. The number of aromatic nitrogens is 1. The highest BCUT2D eigenvalue weighted by atomic mass is 19.4. The van der Waals surface area contributed by atoms with Crippen LogP contribution in [0.3, 0.4) is 0 Å². The van der Waals surface area contributed by atoms with Crippen molar-refractivity contribution in [1.82, 2.24) is 15.4 Å². The summed E-state index contributed by atoms with van der Waals surface area (Å²) in [5, 5.41) is 9.41. The van der Waals surface area contributed by atoms with Gasteiger partial charge in [-0.3, -0.25) is 9.59 Å². The van der Waals surface area contributed by atoms with Crippen molar-refractivity contribution in [2.24, 2.45) is 0 Å². The van der Waals surface area contributed by atoms with E-state index in [0.29, 0.717) is 37.1 Å². The van der Waals surface area contributed by atoms with Crippen molar-refractivity contribution in [2.45, 2.75) is 38.0 Å². The van der Waals surface area contributed by atoms with Gasteiger partial charge in [0, 0.05) is 25.1 Å². The van der Waals surface area contributed by atoms with E-state index in [2.05, 4.69) is 15.8 Å². The number of hydrogen-bond donors (Lipinski definition) is 2. The number of benzene rings is 1. The van der Waals surface area contributed by atoms with E-state index >= 15 is 0 Å². The molecule has 0 aliphatic carbocycles. The van der Waals surface area contributed by atoms with Crippen molar-refractivity contribution in [3.63, 3.8) is 0 Å². The SMILES string of the molecule is O=C1CCC(C(=O)N2CCc3onc(Nc4cccc(C(F)(F)F)c4)c3C2)N1. The maximum absolute atomic E-state index is 12.9. The number of nitrogens with one attached hydrogen (secondary N) is 2. The van der Waals surface area contributed by atoms with Gasteiger partial charge >= 0.3 is 6.18 Å². The zero-order valence-electron chi connectivity index (χ0n) is 14.7. The fourth-order valence-electron chi connectivity index (χ4n) is 3.43. The zero-order valence-corrected chi connectivity index (χ0v) is 14.7. The van der Waals surface area contributed by atoms with Crippen LogP contribution in [0.25, 0.3) is 0 Å². The number of nitrogens with zero attached hydrogens (tertiary/aromatic N) is 2. The molecule has 2 aliphatic heterocycles. The molecule has 1 fully saturated rings. The van der Waals surface area contributed by atoms with E-state index in [1.54, 1.807) is 4.90 Å². The lowest BCUT2D eigenvalue weighted by molar-refractivity contribution is -0.137. The lowest BCUT2D eigenvalue weighted by atomic mass is 10.1. The van der Waals surface area contributed by atoms with Crippen LogP contribution >= 0.6 is 0 Å². The molecule has 28 heavy (non-hydrogen) atoms. The molecule has 0 spiro atoms. The van der Waals surface area contributed by atoms with E-state index in [0.717, 1.165) is 12.1 Å². The third kappa shape index (κ3) is 3.54. The first-order chi connectivity index (χ1) is 13.3. The van der Waals surface area contributed by atoms with Crippen molar-refractivity contribution in [3.8, 4) is 0 Å². The Morgan fingerprint density at radius 2 is 2.14 bits per heavy atom. The Morgan fingerprint density at radius 1 is 1.32 bits per heavy atom. The van der Waals surface area contributed by atoms with E-state index in [4.69, 9.17) is 4.52 Å².